The first kappa shape index (κ1) is 22.4. The number of hydrogen-bond acceptors (Lipinski definition) is 7. The normalized spacial score (nSPS) is 17.2. The van der Waals surface area contributed by atoms with Gasteiger partial charge in [0.25, 0.3) is 11.5 Å². The van der Waals surface area contributed by atoms with E-state index in [-0.39, 0.29) is 30.7 Å². The van der Waals surface area contributed by atoms with Crippen LogP contribution in [-0.2, 0) is 17.9 Å². The first-order chi connectivity index (χ1) is 16.4. The summed E-state index contributed by atoms with van der Waals surface area (Å²) in [6.07, 6.45) is 3.50. The van der Waals surface area contributed by atoms with Crippen molar-refractivity contribution in [1.82, 2.24) is 19.8 Å². The Bertz CT molecular complexity index is 1330. The third-order valence-electron chi connectivity index (χ3n) is 6.33. The number of likely N-dealkylation sites (tertiary alicyclic amines) is 1. The molecule has 1 unspecified atom stereocenters. The van der Waals surface area contributed by atoms with E-state index in [4.69, 9.17) is 9.47 Å². The smallest absolute Gasteiger partial charge is 0.262 e. The largest absolute Gasteiger partial charge is 0.454 e. The Labute approximate surface area is 200 Å². The average Bonchev–Trinajstić information content (AvgIpc) is 3.43. The minimum Gasteiger partial charge on any atom is -0.454 e. The van der Waals surface area contributed by atoms with E-state index in [0.717, 1.165) is 24.9 Å². The first-order valence-corrected chi connectivity index (χ1v) is 12.2. The zero-order valence-electron chi connectivity index (χ0n) is 19.1. The minimum absolute atomic E-state index is 0.0462. The van der Waals surface area contributed by atoms with Crippen LogP contribution in [0.1, 0.15) is 40.6 Å². The minimum atomic E-state index is -0.299. The zero-order valence-corrected chi connectivity index (χ0v) is 19.9. The Morgan fingerprint density at radius 3 is 2.91 bits per heavy atom. The van der Waals surface area contributed by atoms with Crippen molar-refractivity contribution in [1.29, 1.82) is 0 Å². The molecule has 2 amide bonds. The molecule has 3 aromatic rings. The lowest BCUT2D eigenvalue weighted by Gasteiger charge is -2.31. The molecule has 0 bridgehead atoms. The summed E-state index contributed by atoms with van der Waals surface area (Å²) in [6, 6.07) is 5.51. The van der Waals surface area contributed by atoms with Gasteiger partial charge in [-0.1, -0.05) is 13.0 Å². The van der Waals surface area contributed by atoms with Gasteiger partial charge in [-0.3, -0.25) is 19.0 Å². The molecule has 0 radical (unpaired) electrons. The molecule has 1 N–H and O–H groups in total. The van der Waals surface area contributed by atoms with Crippen LogP contribution in [0.25, 0.3) is 10.2 Å². The lowest BCUT2D eigenvalue weighted by Crippen LogP contribution is -2.42. The second-order valence-electron chi connectivity index (χ2n) is 8.87. The number of aromatic nitrogens is 2. The summed E-state index contributed by atoms with van der Waals surface area (Å²) in [6.45, 7) is 5.77. The van der Waals surface area contributed by atoms with Crippen molar-refractivity contribution in [3.05, 3.63) is 50.9 Å². The van der Waals surface area contributed by atoms with Gasteiger partial charge in [0.05, 0.1) is 16.6 Å². The van der Waals surface area contributed by atoms with Crippen LogP contribution in [0.5, 0.6) is 11.5 Å². The maximum Gasteiger partial charge on any atom is 0.262 e. The van der Waals surface area contributed by atoms with Crippen molar-refractivity contribution in [3.8, 4) is 11.5 Å². The Hall–Kier alpha value is -3.40. The van der Waals surface area contributed by atoms with E-state index in [9.17, 15) is 14.4 Å². The van der Waals surface area contributed by atoms with Crippen molar-refractivity contribution < 1.29 is 19.1 Å². The van der Waals surface area contributed by atoms with Crippen LogP contribution >= 0.6 is 11.3 Å². The third-order valence-corrected chi connectivity index (χ3v) is 7.53. The number of hydrogen-bond donors (Lipinski definition) is 1. The lowest BCUT2D eigenvalue weighted by atomic mass is 10.0. The summed E-state index contributed by atoms with van der Waals surface area (Å²) in [5.41, 5.74) is 1.16. The highest BCUT2D eigenvalue weighted by atomic mass is 32.1. The molecule has 1 aromatic carbocycles. The molecule has 2 aliphatic rings. The average molecular weight is 483 g/mol. The summed E-state index contributed by atoms with van der Waals surface area (Å²) in [5.74, 6) is 1.45. The van der Waals surface area contributed by atoms with Crippen LogP contribution in [0, 0.1) is 12.8 Å². The van der Waals surface area contributed by atoms with Gasteiger partial charge in [-0.25, -0.2) is 4.98 Å². The molecule has 4 heterocycles. The number of aryl methyl sites for hydroxylation is 1. The Morgan fingerprint density at radius 2 is 2.09 bits per heavy atom. The van der Waals surface area contributed by atoms with Gasteiger partial charge in [-0.05, 0) is 48.9 Å². The molecule has 1 fully saturated rings. The molecule has 0 spiro atoms. The maximum atomic E-state index is 13.2. The van der Waals surface area contributed by atoms with Crippen molar-refractivity contribution in [2.24, 2.45) is 5.92 Å². The maximum absolute atomic E-state index is 13.2. The van der Waals surface area contributed by atoms with E-state index in [2.05, 4.69) is 17.2 Å². The van der Waals surface area contributed by atoms with Gasteiger partial charge >= 0.3 is 0 Å². The summed E-state index contributed by atoms with van der Waals surface area (Å²) in [5, 5.41) is 3.29. The summed E-state index contributed by atoms with van der Waals surface area (Å²) in [4.78, 5) is 45.9. The Balaban J connectivity index is 1.32. The molecule has 2 aliphatic heterocycles. The third kappa shape index (κ3) is 4.25. The number of nitrogens with one attached hydrogen (secondary N) is 1. The van der Waals surface area contributed by atoms with Gasteiger partial charge in [0, 0.05) is 19.6 Å². The summed E-state index contributed by atoms with van der Waals surface area (Å²) >= 11 is 1.18. The van der Waals surface area contributed by atoms with Crippen LogP contribution < -0.4 is 20.3 Å². The molecule has 178 valence electrons. The number of ether oxygens (including phenoxy) is 2. The van der Waals surface area contributed by atoms with Gasteiger partial charge in [0.2, 0.25) is 12.7 Å². The predicted octanol–water partition coefficient (Wildman–Crippen LogP) is 2.68. The Morgan fingerprint density at radius 1 is 1.26 bits per heavy atom. The molecular weight excluding hydrogens is 456 g/mol. The highest BCUT2D eigenvalue weighted by Crippen LogP contribution is 2.32. The number of piperidine rings is 1. The van der Waals surface area contributed by atoms with Crippen molar-refractivity contribution in [2.45, 2.75) is 39.8 Å². The van der Waals surface area contributed by atoms with Gasteiger partial charge < -0.3 is 19.7 Å². The van der Waals surface area contributed by atoms with E-state index >= 15 is 0 Å². The lowest BCUT2D eigenvalue weighted by molar-refractivity contribution is -0.133. The molecule has 5 rings (SSSR count). The SMILES string of the molecule is Cc1c(C(=O)NCc2ccc3c(c2)OCO3)sc2ncn(CC(=O)N3CCCC(C)C3)c(=O)c12. The zero-order chi connectivity index (χ0) is 23.8. The van der Waals surface area contributed by atoms with E-state index in [1.54, 1.807) is 6.92 Å². The second-order valence-corrected chi connectivity index (χ2v) is 9.87. The summed E-state index contributed by atoms with van der Waals surface area (Å²) in [7, 11) is 0. The van der Waals surface area contributed by atoms with E-state index in [1.807, 2.05) is 23.1 Å². The molecule has 0 saturated carbocycles. The molecule has 10 heteroatoms. The molecule has 1 atom stereocenters. The number of benzene rings is 1. The second kappa shape index (κ2) is 9.09. The van der Waals surface area contributed by atoms with Gasteiger partial charge in [0.15, 0.2) is 11.5 Å². The fourth-order valence-corrected chi connectivity index (χ4v) is 5.52. The highest BCUT2D eigenvalue weighted by Gasteiger charge is 2.23. The fourth-order valence-electron chi connectivity index (χ4n) is 4.46. The number of fused-ring (bicyclic) bond motifs is 2. The van der Waals surface area contributed by atoms with Crippen LogP contribution in [-0.4, -0.2) is 46.1 Å². The van der Waals surface area contributed by atoms with Gasteiger partial charge in [-0.15, -0.1) is 11.3 Å². The number of amides is 2. The predicted molar refractivity (Wildman–Crippen MR) is 127 cm³/mol. The number of rotatable bonds is 5. The van der Waals surface area contributed by atoms with Gasteiger partial charge in [-0.2, -0.15) is 0 Å². The Kier molecular flexibility index (Phi) is 5.99. The van der Waals surface area contributed by atoms with Crippen LogP contribution in [0.15, 0.2) is 29.3 Å². The summed E-state index contributed by atoms with van der Waals surface area (Å²) < 4.78 is 12.0. The molecule has 2 aromatic heterocycles. The van der Waals surface area contributed by atoms with Crippen molar-refractivity contribution in [2.75, 3.05) is 19.9 Å². The number of thiophene rings is 1. The monoisotopic (exact) mass is 482 g/mol. The van der Waals surface area contributed by atoms with Crippen LogP contribution in [0.4, 0.5) is 0 Å². The molecule has 0 aliphatic carbocycles. The van der Waals surface area contributed by atoms with E-state index < -0.39 is 0 Å². The topological polar surface area (TPSA) is 103 Å². The molecule has 34 heavy (non-hydrogen) atoms. The quantitative estimate of drug-likeness (QED) is 0.600. The standard InChI is InChI=1S/C24H26N4O5S/c1-14-4-3-7-27(10-14)19(29)11-28-12-26-23-20(24(28)31)15(2)21(34-23)22(30)25-9-16-5-6-17-18(8-16)33-13-32-17/h5-6,8,12,14H,3-4,7,9-11,13H2,1-2H3,(H,25,30). The number of carbonyl (C=O) groups is 2. The van der Waals surface area contributed by atoms with Crippen LogP contribution in [0.3, 0.4) is 0 Å². The number of carbonyl (C=O) groups excluding carboxylic acids is 2. The molecular formula is C24H26N4O5S. The van der Waals surface area contributed by atoms with E-state index in [1.165, 1.54) is 22.2 Å². The number of nitrogens with zero attached hydrogens (tertiary/aromatic N) is 3. The first-order valence-electron chi connectivity index (χ1n) is 11.3. The highest BCUT2D eigenvalue weighted by molar-refractivity contribution is 7.20. The van der Waals surface area contributed by atoms with Crippen LogP contribution in [0.2, 0.25) is 0 Å². The fraction of sp³-hybridized carbons (Fsp3) is 0.417. The van der Waals surface area contributed by atoms with E-state index in [0.29, 0.717) is 51.2 Å². The van der Waals surface area contributed by atoms with Crippen molar-refractivity contribution >= 4 is 33.4 Å². The van der Waals surface area contributed by atoms with Crippen molar-refractivity contribution in [3.63, 3.8) is 0 Å². The van der Waals surface area contributed by atoms with Gasteiger partial charge in [0.1, 0.15) is 11.4 Å². The molecule has 1 saturated heterocycles. The molecule has 9 nitrogen and oxygen atoms in total.